The topological polar surface area (TPSA) is 68.0 Å². The van der Waals surface area contributed by atoms with E-state index in [0.717, 1.165) is 6.39 Å². The smallest absolute Gasteiger partial charge is 0.279 e. The number of anilines is 1. The molecule has 2 heterocycles. The molecule has 1 aromatic carbocycles. The molecule has 110 valence electrons. The summed E-state index contributed by atoms with van der Waals surface area (Å²) in [6.07, 6.45) is 2.44. The fraction of sp³-hybridized carbons (Fsp3) is 0. The van der Waals surface area contributed by atoms with E-state index in [4.69, 9.17) is 4.42 Å². The minimum absolute atomic E-state index is 0.0448. The van der Waals surface area contributed by atoms with Crippen molar-refractivity contribution in [3.8, 4) is 11.3 Å². The number of nitrogens with one attached hydrogen (secondary N) is 1. The molecule has 0 aliphatic heterocycles. The summed E-state index contributed by atoms with van der Waals surface area (Å²) in [7, 11) is 0. The van der Waals surface area contributed by atoms with Crippen LogP contribution in [0.1, 0.15) is 10.5 Å². The summed E-state index contributed by atoms with van der Waals surface area (Å²) in [6.45, 7) is 0. The Morgan fingerprint density at radius 3 is 2.59 bits per heavy atom. The lowest BCUT2D eigenvalue weighted by Crippen LogP contribution is -2.15. The van der Waals surface area contributed by atoms with Crippen LogP contribution in [0.4, 0.5) is 14.6 Å². The molecule has 1 amide bonds. The van der Waals surface area contributed by atoms with Crippen molar-refractivity contribution in [1.82, 2.24) is 9.97 Å². The Morgan fingerprint density at radius 1 is 1.09 bits per heavy atom. The first-order chi connectivity index (χ1) is 10.6. The average Bonchev–Trinajstić information content (AvgIpc) is 3.00. The van der Waals surface area contributed by atoms with Gasteiger partial charge in [-0.2, -0.15) is 0 Å². The lowest BCUT2D eigenvalue weighted by atomic mass is 10.1. The van der Waals surface area contributed by atoms with E-state index in [1.807, 2.05) is 0 Å². The summed E-state index contributed by atoms with van der Waals surface area (Å²) in [5.74, 6) is -1.80. The van der Waals surface area contributed by atoms with Gasteiger partial charge >= 0.3 is 0 Å². The van der Waals surface area contributed by atoms with Crippen molar-refractivity contribution in [3.05, 3.63) is 66.3 Å². The fourth-order valence-electron chi connectivity index (χ4n) is 1.86. The molecular formula is C15H9F2N3O2. The van der Waals surface area contributed by atoms with Crippen LogP contribution in [-0.4, -0.2) is 15.9 Å². The first-order valence-electron chi connectivity index (χ1n) is 6.26. The van der Waals surface area contributed by atoms with E-state index in [1.165, 1.54) is 42.6 Å². The lowest BCUT2D eigenvalue weighted by Gasteiger charge is -2.04. The maximum absolute atomic E-state index is 13.5. The van der Waals surface area contributed by atoms with Crippen molar-refractivity contribution in [2.75, 3.05) is 5.32 Å². The Kier molecular flexibility index (Phi) is 3.61. The van der Waals surface area contributed by atoms with Crippen molar-refractivity contribution < 1.29 is 18.0 Å². The van der Waals surface area contributed by atoms with Gasteiger partial charge in [0.1, 0.15) is 5.82 Å². The maximum atomic E-state index is 13.5. The molecular weight excluding hydrogens is 292 g/mol. The highest BCUT2D eigenvalue weighted by atomic mass is 19.1. The number of halogens is 2. The molecule has 0 bridgehead atoms. The molecule has 0 aliphatic rings. The van der Waals surface area contributed by atoms with Crippen LogP contribution in [0.3, 0.4) is 0 Å². The molecule has 2 aromatic heterocycles. The predicted molar refractivity (Wildman–Crippen MR) is 74.0 cm³/mol. The largest absolute Gasteiger partial charge is 0.443 e. The van der Waals surface area contributed by atoms with E-state index in [9.17, 15) is 13.6 Å². The van der Waals surface area contributed by atoms with Crippen LogP contribution in [0, 0.1) is 11.6 Å². The van der Waals surface area contributed by atoms with Crippen LogP contribution in [0.5, 0.6) is 0 Å². The number of carbonyl (C=O) groups is 1. The number of oxazole rings is 1. The Bertz CT molecular complexity index is 816. The number of nitrogens with zero attached hydrogens (tertiary/aromatic N) is 2. The number of hydrogen-bond donors (Lipinski definition) is 1. The molecule has 3 rings (SSSR count). The van der Waals surface area contributed by atoms with Crippen LogP contribution in [0.25, 0.3) is 11.3 Å². The highest BCUT2D eigenvalue weighted by molar-refractivity contribution is 6.05. The number of carbonyl (C=O) groups excluding carboxylic acids is 1. The number of pyridine rings is 1. The molecule has 0 atom stereocenters. The molecule has 0 saturated carbocycles. The Hall–Kier alpha value is -3.09. The standard InChI is InChI=1S/C15H9F2N3O2/c16-10-5-3-9(4-6-10)13-12(19-8-22-13)15(21)20-14-11(17)2-1-7-18-14/h1-8H,(H,18,20,21). The van der Waals surface area contributed by atoms with Gasteiger partial charge in [-0.05, 0) is 36.4 Å². The second-order valence-electron chi connectivity index (χ2n) is 4.32. The third-order valence-electron chi connectivity index (χ3n) is 2.88. The van der Waals surface area contributed by atoms with Gasteiger partial charge in [-0.3, -0.25) is 4.79 Å². The first kappa shape index (κ1) is 13.9. The van der Waals surface area contributed by atoms with Gasteiger partial charge in [-0.25, -0.2) is 18.7 Å². The summed E-state index contributed by atoms with van der Waals surface area (Å²) < 4.78 is 31.6. The third kappa shape index (κ3) is 2.69. The van der Waals surface area contributed by atoms with E-state index < -0.39 is 17.5 Å². The zero-order valence-electron chi connectivity index (χ0n) is 11.1. The monoisotopic (exact) mass is 301 g/mol. The molecule has 3 aromatic rings. The number of benzene rings is 1. The maximum Gasteiger partial charge on any atom is 0.279 e. The fourth-order valence-corrected chi connectivity index (χ4v) is 1.86. The van der Waals surface area contributed by atoms with Gasteiger partial charge in [0.05, 0.1) is 0 Å². The van der Waals surface area contributed by atoms with E-state index in [2.05, 4.69) is 15.3 Å². The van der Waals surface area contributed by atoms with Gasteiger partial charge < -0.3 is 9.73 Å². The van der Waals surface area contributed by atoms with Crippen LogP contribution in [0.2, 0.25) is 0 Å². The zero-order chi connectivity index (χ0) is 15.5. The van der Waals surface area contributed by atoms with Crippen LogP contribution < -0.4 is 5.32 Å². The Morgan fingerprint density at radius 2 is 1.86 bits per heavy atom. The van der Waals surface area contributed by atoms with E-state index in [1.54, 1.807) is 0 Å². The molecule has 22 heavy (non-hydrogen) atoms. The summed E-state index contributed by atoms with van der Waals surface area (Å²) in [5, 5.41) is 2.31. The van der Waals surface area contributed by atoms with Crippen molar-refractivity contribution in [1.29, 1.82) is 0 Å². The molecule has 0 unspecified atom stereocenters. The molecule has 0 radical (unpaired) electrons. The average molecular weight is 301 g/mol. The molecule has 0 aliphatic carbocycles. The number of amides is 1. The van der Waals surface area contributed by atoms with E-state index in [0.29, 0.717) is 5.56 Å². The zero-order valence-corrected chi connectivity index (χ0v) is 11.1. The number of hydrogen-bond acceptors (Lipinski definition) is 4. The third-order valence-corrected chi connectivity index (χ3v) is 2.88. The van der Waals surface area contributed by atoms with Crippen LogP contribution in [-0.2, 0) is 0 Å². The van der Waals surface area contributed by atoms with Crippen molar-refractivity contribution in [2.45, 2.75) is 0 Å². The second kappa shape index (κ2) is 5.72. The molecule has 1 N–H and O–H groups in total. The molecule has 7 heteroatoms. The van der Waals surface area contributed by atoms with Crippen LogP contribution in [0.15, 0.2) is 53.4 Å². The van der Waals surface area contributed by atoms with Gasteiger partial charge in [0, 0.05) is 11.8 Å². The minimum Gasteiger partial charge on any atom is -0.443 e. The Labute approximate surface area is 123 Å². The SMILES string of the molecule is O=C(Nc1ncccc1F)c1ncoc1-c1ccc(F)cc1. The number of aromatic nitrogens is 2. The molecule has 0 spiro atoms. The van der Waals surface area contributed by atoms with E-state index >= 15 is 0 Å². The lowest BCUT2D eigenvalue weighted by molar-refractivity contribution is 0.102. The number of rotatable bonds is 3. The normalized spacial score (nSPS) is 10.5. The van der Waals surface area contributed by atoms with Crippen LogP contribution >= 0.6 is 0 Å². The highest BCUT2D eigenvalue weighted by Crippen LogP contribution is 2.24. The predicted octanol–water partition coefficient (Wildman–Crippen LogP) is 3.27. The van der Waals surface area contributed by atoms with Crippen molar-refractivity contribution >= 4 is 11.7 Å². The minimum atomic E-state index is -0.675. The van der Waals surface area contributed by atoms with Gasteiger partial charge in [0.25, 0.3) is 5.91 Å². The van der Waals surface area contributed by atoms with Crippen molar-refractivity contribution in [2.24, 2.45) is 0 Å². The summed E-state index contributed by atoms with van der Waals surface area (Å²) in [6, 6.07) is 7.95. The van der Waals surface area contributed by atoms with Gasteiger partial charge in [0.15, 0.2) is 29.5 Å². The van der Waals surface area contributed by atoms with Gasteiger partial charge in [-0.15, -0.1) is 0 Å². The molecule has 0 saturated heterocycles. The highest BCUT2D eigenvalue weighted by Gasteiger charge is 2.19. The summed E-state index contributed by atoms with van der Waals surface area (Å²) in [5.41, 5.74) is 0.433. The first-order valence-corrected chi connectivity index (χ1v) is 6.26. The van der Waals surface area contributed by atoms with Gasteiger partial charge in [0.2, 0.25) is 0 Å². The Balaban J connectivity index is 1.90. The molecule has 5 nitrogen and oxygen atoms in total. The second-order valence-corrected chi connectivity index (χ2v) is 4.32. The summed E-state index contributed by atoms with van der Waals surface area (Å²) in [4.78, 5) is 19.7. The summed E-state index contributed by atoms with van der Waals surface area (Å²) >= 11 is 0. The molecule has 0 fully saturated rings. The van der Waals surface area contributed by atoms with Gasteiger partial charge in [-0.1, -0.05) is 0 Å². The van der Waals surface area contributed by atoms with E-state index in [-0.39, 0.29) is 17.3 Å². The quantitative estimate of drug-likeness (QED) is 0.806. The van der Waals surface area contributed by atoms with Crippen molar-refractivity contribution in [3.63, 3.8) is 0 Å².